The van der Waals surface area contributed by atoms with E-state index in [0.29, 0.717) is 6.61 Å². The zero-order valence-corrected chi connectivity index (χ0v) is 24.5. The molecule has 1 aliphatic heterocycles. The molecule has 2 N–H and O–H groups in total. The molecule has 36 heavy (non-hydrogen) atoms. The number of carbonyl (C=O) groups is 1. The van der Waals surface area contributed by atoms with Crippen molar-refractivity contribution < 1.29 is 14.0 Å². The highest BCUT2D eigenvalue weighted by Crippen LogP contribution is 2.58. The highest BCUT2D eigenvalue weighted by molar-refractivity contribution is 6.74. The first-order valence-corrected chi connectivity index (χ1v) is 16.9. The molecule has 6 heteroatoms. The third kappa shape index (κ3) is 3.74. The lowest BCUT2D eigenvalue weighted by atomic mass is 9.64. The summed E-state index contributed by atoms with van der Waals surface area (Å²) in [6.45, 7) is 18.7. The van der Waals surface area contributed by atoms with Gasteiger partial charge in [-0.25, -0.2) is 0 Å². The van der Waals surface area contributed by atoms with E-state index in [9.17, 15) is 4.79 Å². The van der Waals surface area contributed by atoms with Crippen molar-refractivity contribution in [1.29, 1.82) is 0 Å². The molecular formula is C30H44N2O3Si. The molecule has 0 amide bonds. The summed E-state index contributed by atoms with van der Waals surface area (Å²) in [5, 5.41) is 0.125. The first-order valence-electron chi connectivity index (χ1n) is 14.0. The van der Waals surface area contributed by atoms with Gasteiger partial charge in [-0.15, -0.1) is 0 Å². The number of ether oxygens (including phenoxy) is 1. The third-order valence-corrected chi connectivity index (χ3v) is 14.0. The number of hydrogen-bond acceptors (Lipinski definition) is 5. The Kier molecular flexibility index (Phi) is 6.13. The summed E-state index contributed by atoms with van der Waals surface area (Å²) in [5.74, 6) is 0.854. The molecule has 0 fully saturated rings. The highest BCUT2D eigenvalue weighted by Gasteiger charge is 2.50. The van der Waals surface area contributed by atoms with Gasteiger partial charge in [0.15, 0.2) is 0 Å². The van der Waals surface area contributed by atoms with E-state index >= 15 is 0 Å². The number of nitrogens with one attached hydrogen (secondary N) is 2. The molecule has 0 bridgehead atoms. The van der Waals surface area contributed by atoms with Gasteiger partial charge in [0, 0.05) is 22.3 Å². The SMILES string of the molecule is CCOC(=O)C1CCC2=C1C1=C(C2)C2=C(NN1)C1(C)CCCC(CC)=C1C(O[Si](C)(C)C(C)(C)C)=C2. The van der Waals surface area contributed by atoms with Crippen molar-refractivity contribution in [3.8, 4) is 0 Å². The summed E-state index contributed by atoms with van der Waals surface area (Å²) in [5.41, 5.74) is 17.6. The Morgan fingerprint density at radius 3 is 2.61 bits per heavy atom. The van der Waals surface area contributed by atoms with Gasteiger partial charge in [0.1, 0.15) is 5.76 Å². The van der Waals surface area contributed by atoms with Crippen LogP contribution in [-0.4, -0.2) is 20.9 Å². The normalized spacial score (nSPS) is 27.7. The topological polar surface area (TPSA) is 59.6 Å². The molecule has 5 aliphatic rings. The van der Waals surface area contributed by atoms with Crippen LogP contribution in [-0.2, 0) is 14.0 Å². The lowest BCUT2D eigenvalue weighted by Gasteiger charge is -2.48. The number of hydrazine groups is 1. The third-order valence-electron chi connectivity index (χ3n) is 9.64. The Bertz CT molecular complexity index is 1160. The van der Waals surface area contributed by atoms with Crippen LogP contribution in [0.3, 0.4) is 0 Å². The average molecular weight is 509 g/mol. The van der Waals surface area contributed by atoms with E-state index in [4.69, 9.17) is 9.16 Å². The number of carbonyl (C=O) groups excluding carboxylic acids is 1. The molecule has 5 nitrogen and oxygen atoms in total. The summed E-state index contributed by atoms with van der Waals surface area (Å²) in [4.78, 5) is 12.8. The molecule has 0 aromatic heterocycles. The van der Waals surface area contributed by atoms with Crippen LogP contribution in [0.5, 0.6) is 0 Å². The van der Waals surface area contributed by atoms with E-state index in [1.165, 1.54) is 45.6 Å². The van der Waals surface area contributed by atoms with Crippen LogP contribution in [0.15, 0.2) is 56.7 Å². The molecule has 0 spiro atoms. The van der Waals surface area contributed by atoms with Crippen molar-refractivity contribution in [2.45, 2.75) is 105 Å². The van der Waals surface area contributed by atoms with Crippen molar-refractivity contribution in [2.24, 2.45) is 11.3 Å². The zero-order chi connectivity index (χ0) is 26.0. The van der Waals surface area contributed by atoms with Crippen LogP contribution in [0.4, 0.5) is 0 Å². The number of esters is 1. The maximum atomic E-state index is 12.8. The molecule has 0 aromatic rings. The Hall–Kier alpha value is -2.21. The standard InChI is InChI=1S/C30H44N2O3Si/c1-9-18-12-11-15-30(6)25(18)23(35-36(7,8)29(3,4)5)17-22-21-16-19-13-14-20(28(33)34-10-2)24(19)26(21)31-32-27(22)30/h17,20,31-32H,9-16H2,1-8H3. The fourth-order valence-corrected chi connectivity index (χ4v) is 7.71. The Morgan fingerprint density at radius 2 is 1.94 bits per heavy atom. The van der Waals surface area contributed by atoms with Gasteiger partial charge in [-0.2, -0.15) is 0 Å². The summed E-state index contributed by atoms with van der Waals surface area (Å²) < 4.78 is 12.6. The van der Waals surface area contributed by atoms with Crippen LogP contribution >= 0.6 is 0 Å². The van der Waals surface area contributed by atoms with Gasteiger partial charge >= 0.3 is 5.97 Å². The first-order chi connectivity index (χ1) is 16.9. The van der Waals surface area contributed by atoms with Gasteiger partial charge in [-0.05, 0) is 94.1 Å². The second-order valence-corrected chi connectivity index (χ2v) is 17.5. The van der Waals surface area contributed by atoms with Crippen molar-refractivity contribution in [3.63, 3.8) is 0 Å². The monoisotopic (exact) mass is 508 g/mol. The fraction of sp³-hybridized carbons (Fsp3) is 0.633. The van der Waals surface area contributed by atoms with Gasteiger partial charge < -0.3 is 20.0 Å². The van der Waals surface area contributed by atoms with E-state index < -0.39 is 8.32 Å². The smallest absolute Gasteiger partial charge is 0.313 e. The predicted octanol–water partition coefficient (Wildman–Crippen LogP) is 7.09. The Morgan fingerprint density at radius 1 is 1.19 bits per heavy atom. The molecule has 5 rings (SSSR count). The van der Waals surface area contributed by atoms with Gasteiger partial charge in [0.25, 0.3) is 0 Å². The molecule has 0 saturated heterocycles. The van der Waals surface area contributed by atoms with Crippen molar-refractivity contribution >= 4 is 14.3 Å². The van der Waals surface area contributed by atoms with Crippen molar-refractivity contribution in [3.05, 3.63) is 56.7 Å². The fourth-order valence-electron chi connectivity index (χ4n) is 6.69. The van der Waals surface area contributed by atoms with E-state index in [-0.39, 0.29) is 22.3 Å². The molecule has 2 atom stereocenters. The first kappa shape index (κ1) is 25.4. The minimum Gasteiger partial charge on any atom is -0.543 e. The second-order valence-electron chi connectivity index (χ2n) is 12.8. The van der Waals surface area contributed by atoms with Crippen LogP contribution < -0.4 is 10.9 Å². The van der Waals surface area contributed by atoms with Crippen molar-refractivity contribution in [2.75, 3.05) is 6.61 Å². The van der Waals surface area contributed by atoms with Crippen LogP contribution in [0, 0.1) is 11.3 Å². The lowest BCUT2D eigenvalue weighted by Crippen LogP contribution is -2.48. The Labute approximate surface area is 218 Å². The van der Waals surface area contributed by atoms with Crippen LogP contribution in [0.25, 0.3) is 0 Å². The van der Waals surface area contributed by atoms with E-state index in [2.05, 4.69) is 64.6 Å². The van der Waals surface area contributed by atoms with Crippen molar-refractivity contribution in [1.82, 2.24) is 10.9 Å². The molecule has 196 valence electrons. The van der Waals surface area contributed by atoms with Crippen LogP contribution in [0.1, 0.15) is 86.5 Å². The predicted molar refractivity (Wildman–Crippen MR) is 147 cm³/mol. The number of fused-ring (bicyclic) bond motifs is 4. The van der Waals surface area contributed by atoms with E-state index in [1.807, 2.05) is 6.92 Å². The van der Waals surface area contributed by atoms with E-state index in [1.54, 1.807) is 0 Å². The highest BCUT2D eigenvalue weighted by atomic mass is 28.4. The number of allylic oxidation sites excluding steroid dienone is 8. The molecule has 2 unspecified atom stereocenters. The molecule has 0 saturated carbocycles. The molecular weight excluding hydrogens is 464 g/mol. The molecule has 1 heterocycles. The lowest BCUT2D eigenvalue weighted by molar-refractivity contribution is -0.146. The molecule has 4 aliphatic carbocycles. The summed E-state index contributed by atoms with van der Waals surface area (Å²) in [7, 11) is -2.04. The second kappa shape index (κ2) is 8.68. The zero-order valence-electron chi connectivity index (χ0n) is 23.5. The Balaban J connectivity index is 1.63. The number of rotatable bonds is 5. The van der Waals surface area contributed by atoms with Gasteiger partial charge in [-0.1, -0.05) is 38.8 Å². The number of hydrogen-bond donors (Lipinski definition) is 2. The maximum absolute atomic E-state index is 12.8. The largest absolute Gasteiger partial charge is 0.543 e. The van der Waals surface area contributed by atoms with E-state index in [0.717, 1.165) is 50.0 Å². The van der Waals surface area contributed by atoms with Gasteiger partial charge in [-0.3, -0.25) is 4.79 Å². The quantitative estimate of drug-likeness (QED) is 0.307. The summed E-state index contributed by atoms with van der Waals surface area (Å²) >= 11 is 0. The maximum Gasteiger partial charge on any atom is 0.313 e. The van der Waals surface area contributed by atoms with Gasteiger partial charge in [0.05, 0.1) is 18.2 Å². The average Bonchev–Trinajstić information content (AvgIpc) is 3.37. The summed E-state index contributed by atoms with van der Waals surface area (Å²) in [6.07, 6.45) is 9.60. The minimum absolute atomic E-state index is 0.0870. The summed E-state index contributed by atoms with van der Waals surface area (Å²) in [6, 6.07) is 0. The minimum atomic E-state index is -2.04. The van der Waals surface area contributed by atoms with Crippen LogP contribution in [0.2, 0.25) is 18.1 Å². The molecule has 0 radical (unpaired) electrons. The van der Waals surface area contributed by atoms with Gasteiger partial charge in [0.2, 0.25) is 8.32 Å². The molecule has 0 aromatic carbocycles.